The summed E-state index contributed by atoms with van der Waals surface area (Å²) < 4.78 is 1.72. The Bertz CT molecular complexity index is 582. The average molecular weight is 240 g/mol. The summed E-state index contributed by atoms with van der Waals surface area (Å²) in [5.41, 5.74) is 3.09. The standard InChI is InChI=1S/C12H12N6/c1-3-12(18-9-13-8-16-18)4-2-10(1)14-7-11-5-6-15-17-11/h1-6,8-9,14H,7H2,(H,15,17). The van der Waals surface area contributed by atoms with Gasteiger partial charge < -0.3 is 5.32 Å². The van der Waals surface area contributed by atoms with Crippen molar-refractivity contribution in [2.24, 2.45) is 0 Å². The monoisotopic (exact) mass is 240 g/mol. The third-order valence-electron chi connectivity index (χ3n) is 2.59. The first-order valence-corrected chi connectivity index (χ1v) is 5.59. The summed E-state index contributed by atoms with van der Waals surface area (Å²) in [6, 6.07) is 9.94. The molecule has 0 saturated heterocycles. The number of hydrogen-bond acceptors (Lipinski definition) is 4. The van der Waals surface area contributed by atoms with Gasteiger partial charge in [-0.25, -0.2) is 9.67 Å². The Kier molecular flexibility index (Phi) is 2.75. The van der Waals surface area contributed by atoms with Crippen LogP contribution in [0.5, 0.6) is 0 Å². The van der Waals surface area contributed by atoms with Crippen molar-refractivity contribution in [1.29, 1.82) is 0 Å². The average Bonchev–Trinajstić information content (AvgIpc) is 3.10. The molecule has 0 radical (unpaired) electrons. The first-order valence-electron chi connectivity index (χ1n) is 5.59. The number of aromatic nitrogens is 5. The van der Waals surface area contributed by atoms with Crippen LogP contribution in [0.4, 0.5) is 5.69 Å². The highest BCUT2D eigenvalue weighted by Gasteiger charge is 1.98. The Morgan fingerprint density at radius 3 is 2.72 bits per heavy atom. The van der Waals surface area contributed by atoms with Gasteiger partial charge in [-0.1, -0.05) is 0 Å². The van der Waals surface area contributed by atoms with Gasteiger partial charge in [-0.3, -0.25) is 5.10 Å². The molecule has 2 heterocycles. The van der Waals surface area contributed by atoms with Gasteiger partial charge in [0.25, 0.3) is 0 Å². The summed E-state index contributed by atoms with van der Waals surface area (Å²) >= 11 is 0. The Hall–Kier alpha value is -2.63. The molecular formula is C12H12N6. The second-order valence-electron chi connectivity index (χ2n) is 3.82. The van der Waals surface area contributed by atoms with Gasteiger partial charge in [0.05, 0.1) is 17.9 Å². The van der Waals surface area contributed by atoms with E-state index in [0.717, 1.165) is 23.6 Å². The van der Waals surface area contributed by atoms with Gasteiger partial charge in [-0.15, -0.1) is 0 Å². The largest absolute Gasteiger partial charge is 0.379 e. The molecule has 90 valence electrons. The number of benzene rings is 1. The molecule has 2 N–H and O–H groups in total. The zero-order chi connectivity index (χ0) is 12.2. The van der Waals surface area contributed by atoms with Crippen LogP contribution in [0.15, 0.2) is 49.2 Å². The summed E-state index contributed by atoms with van der Waals surface area (Å²) in [5, 5.41) is 14.2. The minimum Gasteiger partial charge on any atom is -0.379 e. The van der Waals surface area contributed by atoms with E-state index in [9.17, 15) is 0 Å². The van der Waals surface area contributed by atoms with Crippen LogP contribution in [-0.2, 0) is 6.54 Å². The van der Waals surface area contributed by atoms with E-state index in [1.54, 1.807) is 17.2 Å². The minimum atomic E-state index is 0.725. The normalized spacial score (nSPS) is 10.4. The van der Waals surface area contributed by atoms with E-state index >= 15 is 0 Å². The molecule has 18 heavy (non-hydrogen) atoms. The van der Waals surface area contributed by atoms with Crippen molar-refractivity contribution in [1.82, 2.24) is 25.0 Å². The molecular weight excluding hydrogens is 228 g/mol. The van der Waals surface area contributed by atoms with Crippen molar-refractivity contribution in [3.63, 3.8) is 0 Å². The van der Waals surface area contributed by atoms with Gasteiger partial charge in [-0.2, -0.15) is 10.2 Å². The molecule has 0 fully saturated rings. The third-order valence-corrected chi connectivity index (χ3v) is 2.59. The van der Waals surface area contributed by atoms with Crippen LogP contribution >= 0.6 is 0 Å². The van der Waals surface area contributed by atoms with Crippen LogP contribution in [-0.4, -0.2) is 25.0 Å². The van der Waals surface area contributed by atoms with Crippen molar-refractivity contribution in [2.75, 3.05) is 5.32 Å². The lowest BCUT2D eigenvalue weighted by molar-refractivity contribution is 0.879. The molecule has 0 amide bonds. The van der Waals surface area contributed by atoms with Crippen LogP contribution in [0.25, 0.3) is 5.69 Å². The molecule has 0 saturated carbocycles. The lowest BCUT2D eigenvalue weighted by atomic mass is 10.2. The lowest BCUT2D eigenvalue weighted by Crippen LogP contribution is -2.00. The van der Waals surface area contributed by atoms with Crippen LogP contribution in [0.2, 0.25) is 0 Å². The molecule has 3 aromatic rings. The molecule has 0 bridgehead atoms. The van der Waals surface area contributed by atoms with E-state index in [4.69, 9.17) is 0 Å². The van der Waals surface area contributed by atoms with Crippen LogP contribution in [0.1, 0.15) is 5.69 Å². The van der Waals surface area contributed by atoms with Gasteiger partial charge in [0, 0.05) is 11.9 Å². The van der Waals surface area contributed by atoms with E-state index in [1.165, 1.54) is 6.33 Å². The van der Waals surface area contributed by atoms with Crippen molar-refractivity contribution < 1.29 is 0 Å². The van der Waals surface area contributed by atoms with E-state index < -0.39 is 0 Å². The summed E-state index contributed by atoms with van der Waals surface area (Å²) in [7, 11) is 0. The van der Waals surface area contributed by atoms with E-state index in [-0.39, 0.29) is 0 Å². The maximum absolute atomic E-state index is 4.07. The van der Waals surface area contributed by atoms with Gasteiger partial charge in [0.1, 0.15) is 12.7 Å². The van der Waals surface area contributed by atoms with Gasteiger partial charge in [0.15, 0.2) is 0 Å². The Labute approximate surface area is 104 Å². The first kappa shape index (κ1) is 10.5. The SMILES string of the molecule is c1cc(CNc2ccc(-n3cncn3)cc2)[nH]n1. The molecule has 0 aliphatic heterocycles. The maximum atomic E-state index is 4.07. The molecule has 0 spiro atoms. The Morgan fingerprint density at radius 2 is 2.06 bits per heavy atom. The fraction of sp³-hybridized carbons (Fsp3) is 0.0833. The Morgan fingerprint density at radius 1 is 1.17 bits per heavy atom. The predicted octanol–water partition coefficient (Wildman–Crippen LogP) is 1.60. The quantitative estimate of drug-likeness (QED) is 0.726. The molecule has 3 rings (SSSR count). The van der Waals surface area contributed by atoms with Crippen molar-refractivity contribution in [3.8, 4) is 5.69 Å². The molecule has 0 aliphatic rings. The smallest absolute Gasteiger partial charge is 0.138 e. The van der Waals surface area contributed by atoms with E-state index in [1.807, 2.05) is 30.3 Å². The summed E-state index contributed by atoms with van der Waals surface area (Å²) in [5.74, 6) is 0. The number of rotatable bonds is 4. The minimum absolute atomic E-state index is 0.725. The number of H-pyrrole nitrogens is 1. The number of hydrogen-bond donors (Lipinski definition) is 2. The molecule has 0 aliphatic carbocycles. The second kappa shape index (κ2) is 4.70. The Balaban J connectivity index is 1.68. The molecule has 1 aromatic carbocycles. The molecule has 2 aromatic heterocycles. The maximum Gasteiger partial charge on any atom is 0.138 e. The molecule has 0 unspecified atom stereocenters. The fourth-order valence-corrected chi connectivity index (χ4v) is 1.65. The molecule has 6 nitrogen and oxygen atoms in total. The van der Waals surface area contributed by atoms with E-state index in [2.05, 4.69) is 25.6 Å². The van der Waals surface area contributed by atoms with Gasteiger partial charge in [-0.05, 0) is 30.3 Å². The molecule has 6 heteroatoms. The van der Waals surface area contributed by atoms with Crippen molar-refractivity contribution in [2.45, 2.75) is 6.54 Å². The number of aromatic amines is 1. The van der Waals surface area contributed by atoms with Crippen LogP contribution in [0, 0.1) is 0 Å². The first-order chi connectivity index (χ1) is 8.92. The van der Waals surface area contributed by atoms with Gasteiger partial charge in [0.2, 0.25) is 0 Å². The summed E-state index contributed by atoms with van der Waals surface area (Å²) in [6.45, 7) is 0.725. The van der Waals surface area contributed by atoms with Crippen LogP contribution in [0.3, 0.4) is 0 Å². The zero-order valence-electron chi connectivity index (χ0n) is 9.61. The topological polar surface area (TPSA) is 71.4 Å². The van der Waals surface area contributed by atoms with Crippen LogP contribution < -0.4 is 5.32 Å². The summed E-state index contributed by atoms with van der Waals surface area (Å²) in [6.07, 6.45) is 4.93. The highest BCUT2D eigenvalue weighted by molar-refractivity contribution is 5.48. The number of anilines is 1. The summed E-state index contributed by atoms with van der Waals surface area (Å²) in [4.78, 5) is 3.92. The zero-order valence-corrected chi connectivity index (χ0v) is 9.61. The predicted molar refractivity (Wildman–Crippen MR) is 67.3 cm³/mol. The van der Waals surface area contributed by atoms with Crippen molar-refractivity contribution in [3.05, 3.63) is 54.9 Å². The number of nitrogens with one attached hydrogen (secondary N) is 2. The fourth-order valence-electron chi connectivity index (χ4n) is 1.65. The second-order valence-corrected chi connectivity index (χ2v) is 3.82. The van der Waals surface area contributed by atoms with Gasteiger partial charge >= 0.3 is 0 Å². The highest BCUT2D eigenvalue weighted by atomic mass is 15.3. The van der Waals surface area contributed by atoms with Crippen molar-refractivity contribution >= 4 is 5.69 Å². The third kappa shape index (κ3) is 2.22. The lowest BCUT2D eigenvalue weighted by Gasteiger charge is -2.06. The van der Waals surface area contributed by atoms with E-state index in [0.29, 0.717) is 0 Å². The highest BCUT2D eigenvalue weighted by Crippen LogP contribution is 2.12. The molecule has 0 atom stereocenters. The number of nitrogens with zero attached hydrogens (tertiary/aromatic N) is 4.